The molecule has 0 atom stereocenters. The van der Waals surface area contributed by atoms with Crippen molar-refractivity contribution in [3.05, 3.63) is 38.5 Å². The van der Waals surface area contributed by atoms with Gasteiger partial charge in [-0.25, -0.2) is 4.98 Å². The van der Waals surface area contributed by atoms with E-state index < -0.39 is 11.8 Å². The molecule has 0 aliphatic carbocycles. The van der Waals surface area contributed by atoms with Gasteiger partial charge in [-0.2, -0.15) is 16.4 Å². The van der Waals surface area contributed by atoms with Gasteiger partial charge in [-0.3, -0.25) is 14.8 Å². The first kappa shape index (κ1) is 13.9. The van der Waals surface area contributed by atoms with E-state index >= 15 is 0 Å². The van der Waals surface area contributed by atoms with E-state index in [0.29, 0.717) is 5.69 Å². The molecule has 2 heterocycles. The van der Waals surface area contributed by atoms with E-state index in [1.807, 2.05) is 11.4 Å². The fraction of sp³-hybridized carbons (Fsp3) is 0.250. The van der Waals surface area contributed by atoms with Gasteiger partial charge in [-0.15, -0.1) is 11.3 Å². The number of hydrogen-bond acceptors (Lipinski definition) is 6. The summed E-state index contributed by atoms with van der Waals surface area (Å²) in [6.45, 7) is 1.13. The lowest BCUT2D eigenvalue weighted by Gasteiger charge is -2.08. The van der Waals surface area contributed by atoms with Gasteiger partial charge in [0, 0.05) is 18.7 Å². The van der Waals surface area contributed by atoms with E-state index in [9.17, 15) is 14.8 Å². The molecule has 0 aromatic carbocycles. The van der Waals surface area contributed by atoms with Gasteiger partial charge in [0.1, 0.15) is 0 Å². The van der Waals surface area contributed by atoms with E-state index in [1.165, 1.54) is 16.9 Å². The average Bonchev–Trinajstić information content (AvgIpc) is 3.00. The lowest BCUT2D eigenvalue weighted by atomic mass is 10.2. The second-order valence-corrected chi connectivity index (χ2v) is 5.66. The number of rotatable bonds is 4. The molecule has 7 heteroatoms. The lowest BCUT2D eigenvalue weighted by Crippen LogP contribution is -2.33. The highest BCUT2D eigenvalue weighted by Crippen LogP contribution is 2.17. The molecule has 0 saturated carbocycles. The summed E-state index contributed by atoms with van der Waals surface area (Å²) in [6, 6.07) is 2.03. The Labute approximate surface area is 118 Å². The Balaban J connectivity index is 1.97. The molecule has 19 heavy (non-hydrogen) atoms. The van der Waals surface area contributed by atoms with Crippen molar-refractivity contribution in [3.8, 4) is 0 Å². The quantitative estimate of drug-likeness (QED) is 0.693. The fourth-order valence-corrected chi connectivity index (χ4v) is 2.98. The van der Waals surface area contributed by atoms with Gasteiger partial charge in [-0.05, 0) is 22.4 Å². The van der Waals surface area contributed by atoms with Gasteiger partial charge in [0.15, 0.2) is 0 Å². The van der Waals surface area contributed by atoms with Crippen molar-refractivity contribution in [1.82, 2.24) is 10.0 Å². The maximum absolute atomic E-state index is 11.5. The van der Waals surface area contributed by atoms with Crippen molar-refractivity contribution in [2.45, 2.75) is 19.8 Å². The van der Waals surface area contributed by atoms with Crippen LogP contribution >= 0.6 is 22.7 Å². The van der Waals surface area contributed by atoms with E-state index in [-0.39, 0.29) is 11.5 Å². The zero-order valence-electron chi connectivity index (χ0n) is 10.2. The molecule has 2 aromatic rings. The summed E-state index contributed by atoms with van der Waals surface area (Å²) in [4.78, 5) is 26.7. The molecule has 0 saturated heterocycles. The van der Waals surface area contributed by atoms with Gasteiger partial charge in [0.25, 0.3) is 5.91 Å². The van der Waals surface area contributed by atoms with Crippen LogP contribution in [0, 0.1) is 0 Å². The van der Waals surface area contributed by atoms with Crippen molar-refractivity contribution in [1.29, 1.82) is 0 Å². The highest BCUT2D eigenvalue weighted by molar-refractivity contribution is 7.09. The number of hydroxylamine groups is 2. The van der Waals surface area contributed by atoms with Gasteiger partial charge >= 0.3 is 0 Å². The zero-order valence-corrected chi connectivity index (χ0v) is 11.8. The predicted octanol–water partition coefficient (Wildman–Crippen LogP) is 2.10. The Kier molecular flexibility index (Phi) is 4.41. The Morgan fingerprint density at radius 2 is 2.21 bits per heavy atom. The standard InChI is InChI=1S/C12H12N2O3S2/c1-8(15)14(17)12(16)5-10-7-19-11(13-10)4-9-2-3-18-6-9/h2-3,6-7,17H,4-5H2,1H3. The van der Waals surface area contributed by atoms with Crippen molar-refractivity contribution in [2.24, 2.45) is 0 Å². The van der Waals surface area contributed by atoms with Gasteiger partial charge in [-0.1, -0.05) is 0 Å². The molecule has 0 aliphatic rings. The van der Waals surface area contributed by atoms with Crippen molar-refractivity contribution in [2.75, 3.05) is 0 Å². The molecule has 100 valence electrons. The molecule has 0 spiro atoms. The lowest BCUT2D eigenvalue weighted by molar-refractivity contribution is -0.176. The maximum Gasteiger partial charge on any atom is 0.259 e. The fourth-order valence-electron chi connectivity index (χ4n) is 1.48. The summed E-state index contributed by atoms with van der Waals surface area (Å²) in [6.07, 6.45) is 0.661. The van der Waals surface area contributed by atoms with E-state index in [4.69, 9.17) is 0 Å². The van der Waals surface area contributed by atoms with Gasteiger partial charge < -0.3 is 0 Å². The Bertz CT molecular complexity index is 578. The SMILES string of the molecule is CC(=O)N(O)C(=O)Cc1csc(Cc2ccsc2)n1. The number of hydrogen-bond donors (Lipinski definition) is 1. The second kappa shape index (κ2) is 6.05. The Morgan fingerprint density at radius 1 is 1.42 bits per heavy atom. The number of carbonyl (C=O) groups is 2. The van der Waals surface area contributed by atoms with Crippen LogP contribution in [0.4, 0.5) is 0 Å². The average molecular weight is 296 g/mol. The van der Waals surface area contributed by atoms with Crippen LogP contribution < -0.4 is 0 Å². The van der Waals surface area contributed by atoms with Crippen LogP contribution in [0.15, 0.2) is 22.2 Å². The first-order valence-electron chi connectivity index (χ1n) is 5.53. The molecule has 2 rings (SSSR count). The monoisotopic (exact) mass is 296 g/mol. The molecule has 0 unspecified atom stereocenters. The van der Waals surface area contributed by atoms with Crippen molar-refractivity contribution < 1.29 is 14.8 Å². The first-order chi connectivity index (χ1) is 9.06. The van der Waals surface area contributed by atoms with Crippen LogP contribution in [0.25, 0.3) is 0 Å². The third-order valence-corrected chi connectivity index (χ3v) is 4.03. The minimum Gasteiger partial charge on any atom is -0.279 e. The molecular weight excluding hydrogens is 284 g/mol. The summed E-state index contributed by atoms with van der Waals surface area (Å²) >= 11 is 3.10. The molecule has 0 bridgehead atoms. The summed E-state index contributed by atoms with van der Waals surface area (Å²) < 4.78 is 0. The number of thiophene rings is 1. The summed E-state index contributed by atoms with van der Waals surface area (Å²) in [7, 11) is 0. The second-order valence-electron chi connectivity index (χ2n) is 3.94. The third-order valence-electron chi connectivity index (χ3n) is 2.40. The molecule has 2 aromatic heterocycles. The van der Waals surface area contributed by atoms with Crippen LogP contribution in [0.1, 0.15) is 23.2 Å². The van der Waals surface area contributed by atoms with Gasteiger partial charge in [0.05, 0.1) is 17.1 Å². The van der Waals surface area contributed by atoms with E-state index in [1.54, 1.807) is 16.7 Å². The number of carbonyl (C=O) groups excluding carboxylic acids is 2. The maximum atomic E-state index is 11.5. The zero-order chi connectivity index (χ0) is 13.8. The third kappa shape index (κ3) is 3.69. The number of nitrogens with zero attached hydrogens (tertiary/aromatic N) is 2. The molecule has 1 N–H and O–H groups in total. The van der Waals surface area contributed by atoms with Gasteiger partial charge in [0.2, 0.25) is 5.91 Å². The topological polar surface area (TPSA) is 70.5 Å². The largest absolute Gasteiger partial charge is 0.279 e. The number of imide groups is 1. The van der Waals surface area contributed by atoms with Crippen molar-refractivity contribution >= 4 is 34.5 Å². The molecular formula is C12H12N2O3S2. The Morgan fingerprint density at radius 3 is 2.84 bits per heavy atom. The number of aromatic nitrogens is 1. The van der Waals surface area contributed by atoms with Crippen LogP contribution in [0.5, 0.6) is 0 Å². The first-order valence-corrected chi connectivity index (χ1v) is 7.35. The molecule has 0 fully saturated rings. The smallest absolute Gasteiger partial charge is 0.259 e. The van der Waals surface area contributed by atoms with Crippen LogP contribution in [-0.2, 0) is 22.4 Å². The van der Waals surface area contributed by atoms with Crippen LogP contribution in [0.3, 0.4) is 0 Å². The summed E-state index contributed by atoms with van der Waals surface area (Å²) in [5.41, 5.74) is 1.75. The normalized spacial score (nSPS) is 10.4. The van der Waals surface area contributed by atoms with E-state index in [2.05, 4.69) is 10.4 Å². The molecule has 5 nitrogen and oxygen atoms in total. The minimum absolute atomic E-state index is 0.0732. The summed E-state index contributed by atoms with van der Waals surface area (Å²) in [5.74, 6) is -1.36. The summed E-state index contributed by atoms with van der Waals surface area (Å²) in [5, 5.41) is 16.0. The molecule has 0 aliphatic heterocycles. The highest BCUT2D eigenvalue weighted by atomic mass is 32.1. The predicted molar refractivity (Wildman–Crippen MR) is 72.3 cm³/mol. The number of thiazole rings is 1. The van der Waals surface area contributed by atoms with Crippen LogP contribution in [0.2, 0.25) is 0 Å². The number of amides is 2. The van der Waals surface area contributed by atoms with E-state index in [0.717, 1.165) is 18.4 Å². The highest BCUT2D eigenvalue weighted by Gasteiger charge is 2.17. The molecule has 2 amide bonds. The molecule has 0 radical (unpaired) electrons. The minimum atomic E-state index is -0.696. The van der Waals surface area contributed by atoms with Crippen LogP contribution in [-0.4, -0.2) is 27.1 Å². The van der Waals surface area contributed by atoms with Crippen molar-refractivity contribution in [3.63, 3.8) is 0 Å². The Hall–Kier alpha value is -1.57.